The van der Waals surface area contributed by atoms with E-state index in [0.717, 1.165) is 49.5 Å². The zero-order valence-electron chi connectivity index (χ0n) is 20.4. The summed E-state index contributed by atoms with van der Waals surface area (Å²) in [5.74, 6) is 0.667. The first-order valence-corrected chi connectivity index (χ1v) is 13.1. The van der Waals surface area contributed by atoms with E-state index in [4.69, 9.17) is 22.1 Å². The maximum atomic E-state index is 12.5. The zero-order valence-corrected chi connectivity index (χ0v) is 21.2. The second-order valence-corrected chi connectivity index (χ2v) is 10.3. The van der Waals surface area contributed by atoms with E-state index in [-0.39, 0.29) is 23.1 Å². The number of nitrogens with two attached hydrogens (primary N) is 1. The van der Waals surface area contributed by atoms with Crippen LogP contribution in [0, 0.1) is 5.41 Å². The Labute approximate surface area is 207 Å². The minimum atomic E-state index is -0.132. The van der Waals surface area contributed by atoms with Gasteiger partial charge in [0.25, 0.3) is 5.56 Å². The Morgan fingerprint density at radius 3 is 2.56 bits per heavy atom. The van der Waals surface area contributed by atoms with Gasteiger partial charge in [-0.2, -0.15) is 0 Å². The van der Waals surface area contributed by atoms with Crippen molar-refractivity contribution in [2.24, 2.45) is 11.1 Å². The number of pyridine rings is 1. The number of benzene rings is 2. The Bertz CT molecular complexity index is 1150. The molecule has 0 amide bonds. The van der Waals surface area contributed by atoms with Gasteiger partial charge in [-0.15, -0.1) is 0 Å². The second kappa shape index (κ2) is 11.0. The molecule has 0 radical (unpaired) electrons. The van der Waals surface area contributed by atoms with Crippen molar-refractivity contribution >= 4 is 22.4 Å². The van der Waals surface area contributed by atoms with Gasteiger partial charge in [-0.3, -0.25) is 4.79 Å². The molecular formula is C29H37ClN2O2. The highest BCUT2D eigenvalue weighted by molar-refractivity contribution is 6.32. The molecule has 182 valence electrons. The van der Waals surface area contributed by atoms with Gasteiger partial charge < -0.3 is 15.5 Å². The van der Waals surface area contributed by atoms with Gasteiger partial charge in [0.2, 0.25) is 0 Å². The Hall–Kier alpha value is -2.30. The summed E-state index contributed by atoms with van der Waals surface area (Å²) in [5.41, 5.74) is 8.95. The Balaban J connectivity index is 1.56. The van der Waals surface area contributed by atoms with E-state index in [2.05, 4.69) is 31.0 Å². The van der Waals surface area contributed by atoms with Crippen molar-refractivity contribution in [2.75, 3.05) is 0 Å². The summed E-state index contributed by atoms with van der Waals surface area (Å²) in [6.07, 6.45) is 11.5. The number of halogens is 1. The summed E-state index contributed by atoms with van der Waals surface area (Å²) in [4.78, 5) is 15.4. The van der Waals surface area contributed by atoms with Gasteiger partial charge in [-0.05, 0) is 79.0 Å². The highest BCUT2D eigenvalue weighted by Gasteiger charge is 2.39. The lowest BCUT2D eigenvalue weighted by Gasteiger charge is -2.44. The third-order valence-electron chi connectivity index (χ3n) is 7.75. The second-order valence-electron chi connectivity index (χ2n) is 9.93. The van der Waals surface area contributed by atoms with Gasteiger partial charge in [0.05, 0.1) is 11.1 Å². The van der Waals surface area contributed by atoms with E-state index in [9.17, 15) is 4.79 Å². The van der Waals surface area contributed by atoms with Crippen LogP contribution in [0.25, 0.3) is 10.8 Å². The van der Waals surface area contributed by atoms with Crippen LogP contribution in [-0.4, -0.2) is 17.1 Å². The van der Waals surface area contributed by atoms with Crippen LogP contribution in [0.3, 0.4) is 0 Å². The number of hydrogen-bond acceptors (Lipinski definition) is 3. The highest BCUT2D eigenvalue weighted by atomic mass is 35.5. The molecule has 2 aromatic carbocycles. The number of rotatable bonds is 9. The average Bonchev–Trinajstić information content (AvgIpc) is 2.86. The van der Waals surface area contributed by atoms with Crippen molar-refractivity contribution in [3.63, 3.8) is 0 Å². The van der Waals surface area contributed by atoms with Crippen LogP contribution in [0.2, 0.25) is 5.02 Å². The van der Waals surface area contributed by atoms with Crippen molar-refractivity contribution in [1.29, 1.82) is 0 Å². The van der Waals surface area contributed by atoms with Crippen LogP contribution in [0.4, 0.5) is 0 Å². The lowest BCUT2D eigenvalue weighted by Crippen LogP contribution is -2.45. The quantitative estimate of drug-likeness (QED) is 0.346. The number of aromatic nitrogens is 1. The lowest BCUT2D eigenvalue weighted by atomic mass is 9.65. The molecule has 1 aliphatic carbocycles. The van der Waals surface area contributed by atoms with Gasteiger partial charge in [0.15, 0.2) is 0 Å². The largest absolute Gasteiger partial charge is 0.489 e. The maximum Gasteiger partial charge on any atom is 0.255 e. The molecule has 3 N–H and O–H groups in total. The number of ether oxygens (including phenoxy) is 1. The molecular weight excluding hydrogens is 444 g/mol. The molecule has 0 unspecified atom stereocenters. The Morgan fingerprint density at radius 1 is 1.15 bits per heavy atom. The SMILES string of the molecule is CCCCC1([C@H](N)CC)CCC(Oc2cc3c(Cc4ccccc4)c[nH]c(=O)c3cc2Cl)CC1. The highest BCUT2D eigenvalue weighted by Crippen LogP contribution is 2.45. The van der Waals surface area contributed by atoms with E-state index < -0.39 is 0 Å². The molecule has 1 aliphatic rings. The van der Waals surface area contributed by atoms with Crippen LogP contribution in [0.15, 0.2) is 53.5 Å². The molecule has 4 nitrogen and oxygen atoms in total. The van der Waals surface area contributed by atoms with Gasteiger partial charge in [0, 0.05) is 17.6 Å². The summed E-state index contributed by atoms with van der Waals surface area (Å²) in [6, 6.07) is 14.2. The summed E-state index contributed by atoms with van der Waals surface area (Å²) in [6.45, 7) is 4.45. The number of aromatic amines is 1. The van der Waals surface area contributed by atoms with E-state index in [1.807, 2.05) is 30.5 Å². The first-order valence-electron chi connectivity index (χ1n) is 12.8. The topological polar surface area (TPSA) is 68.1 Å². The van der Waals surface area contributed by atoms with Crippen molar-refractivity contribution in [1.82, 2.24) is 4.98 Å². The summed E-state index contributed by atoms with van der Waals surface area (Å²) < 4.78 is 6.47. The molecule has 1 fully saturated rings. The molecule has 0 bridgehead atoms. The van der Waals surface area contributed by atoms with Gasteiger partial charge in [0.1, 0.15) is 5.75 Å². The number of hydrogen-bond donors (Lipinski definition) is 2. The first-order chi connectivity index (χ1) is 16.5. The minimum Gasteiger partial charge on any atom is -0.489 e. The summed E-state index contributed by atoms with van der Waals surface area (Å²) in [7, 11) is 0. The molecule has 0 aliphatic heterocycles. The van der Waals surface area contributed by atoms with E-state index in [1.54, 1.807) is 6.07 Å². The molecule has 4 rings (SSSR count). The van der Waals surface area contributed by atoms with Crippen LogP contribution in [0.5, 0.6) is 5.75 Å². The lowest BCUT2D eigenvalue weighted by molar-refractivity contribution is 0.0518. The fraction of sp³-hybridized carbons (Fsp3) is 0.483. The van der Waals surface area contributed by atoms with Gasteiger partial charge in [-0.25, -0.2) is 0 Å². The predicted octanol–water partition coefficient (Wildman–Crippen LogP) is 7.01. The normalized spacial score (nSPS) is 21.5. The third kappa shape index (κ3) is 5.34. The predicted molar refractivity (Wildman–Crippen MR) is 142 cm³/mol. The minimum absolute atomic E-state index is 0.119. The monoisotopic (exact) mass is 480 g/mol. The number of nitrogens with one attached hydrogen (secondary N) is 1. The molecule has 1 saturated carbocycles. The standard InChI is InChI=1S/C29H37ClN2O2/c1-3-5-13-29(27(31)4-2)14-11-22(12-15-29)34-26-18-23-21(16-20-9-7-6-8-10-20)19-32-28(33)24(23)17-25(26)30/h6-10,17-19,22,27H,3-5,11-16,31H2,1-2H3,(H,32,33)/t22?,27-,29?/m1/s1. The number of H-pyrrole nitrogens is 1. The fourth-order valence-electron chi connectivity index (χ4n) is 5.60. The van der Waals surface area contributed by atoms with Crippen LogP contribution >= 0.6 is 11.6 Å². The summed E-state index contributed by atoms with van der Waals surface area (Å²) in [5, 5.41) is 1.98. The fourth-order valence-corrected chi connectivity index (χ4v) is 5.81. The smallest absolute Gasteiger partial charge is 0.255 e. The molecule has 3 aromatic rings. The first kappa shape index (κ1) is 24.8. The van der Waals surface area contributed by atoms with Crippen LogP contribution in [0.1, 0.15) is 76.3 Å². The molecule has 1 aromatic heterocycles. The van der Waals surface area contributed by atoms with E-state index in [1.165, 1.54) is 24.8 Å². The third-order valence-corrected chi connectivity index (χ3v) is 8.05. The molecule has 34 heavy (non-hydrogen) atoms. The van der Waals surface area contributed by atoms with Crippen LogP contribution in [-0.2, 0) is 6.42 Å². The average molecular weight is 481 g/mol. The van der Waals surface area contributed by atoms with Gasteiger partial charge in [-0.1, -0.05) is 68.6 Å². The van der Waals surface area contributed by atoms with E-state index in [0.29, 0.717) is 16.2 Å². The van der Waals surface area contributed by atoms with E-state index >= 15 is 0 Å². The van der Waals surface area contributed by atoms with Crippen molar-refractivity contribution in [3.8, 4) is 5.75 Å². The zero-order chi connectivity index (χ0) is 24.1. The molecule has 0 spiro atoms. The molecule has 5 heteroatoms. The van der Waals surface area contributed by atoms with Crippen molar-refractivity contribution < 1.29 is 4.74 Å². The summed E-state index contributed by atoms with van der Waals surface area (Å²) >= 11 is 6.61. The number of unbranched alkanes of at least 4 members (excludes halogenated alkanes) is 1. The van der Waals surface area contributed by atoms with Crippen LogP contribution < -0.4 is 16.0 Å². The van der Waals surface area contributed by atoms with Crippen molar-refractivity contribution in [3.05, 3.63) is 75.2 Å². The number of fused-ring (bicyclic) bond motifs is 1. The Morgan fingerprint density at radius 2 is 1.88 bits per heavy atom. The molecule has 1 atom stereocenters. The maximum absolute atomic E-state index is 12.5. The molecule has 1 heterocycles. The molecule has 0 saturated heterocycles. The Kier molecular flexibility index (Phi) is 8.00. The van der Waals surface area contributed by atoms with Crippen molar-refractivity contribution in [2.45, 2.75) is 83.8 Å². The van der Waals surface area contributed by atoms with Gasteiger partial charge >= 0.3 is 0 Å².